The number of aromatic nitrogens is 2. The number of rotatable bonds is 11. The number of hydrogen-bond donors (Lipinski definition) is 1. The Bertz CT molecular complexity index is 1250. The molecule has 2 aromatic carbocycles. The molecule has 1 N–H and O–H groups in total. The number of aryl methyl sites for hydroxylation is 1. The van der Waals surface area contributed by atoms with Gasteiger partial charge in [0.2, 0.25) is 0 Å². The fourth-order valence-corrected chi connectivity index (χ4v) is 5.18. The van der Waals surface area contributed by atoms with Gasteiger partial charge in [0.15, 0.2) is 0 Å². The van der Waals surface area contributed by atoms with E-state index in [1.165, 1.54) is 34.4 Å². The van der Waals surface area contributed by atoms with Crippen LogP contribution in [-0.4, -0.2) is 28.5 Å². The number of nitrogens with one attached hydrogen (secondary N) is 1. The zero-order chi connectivity index (χ0) is 25.3. The summed E-state index contributed by atoms with van der Waals surface area (Å²) in [6.45, 7) is 3.51. The molecule has 0 aliphatic heterocycles. The van der Waals surface area contributed by atoms with Crippen LogP contribution in [0, 0.1) is 0 Å². The van der Waals surface area contributed by atoms with Crippen molar-refractivity contribution in [3.8, 4) is 5.75 Å². The summed E-state index contributed by atoms with van der Waals surface area (Å²) < 4.78 is 5.34. The van der Waals surface area contributed by atoms with Crippen LogP contribution in [0.2, 0.25) is 0 Å². The SMILES string of the molecule is Br.COc1ccc(CCN(Cc2ccc(CNCc3ccccn3)cc2)C2CCCc3cccnc32)cc1. The molecule has 0 saturated heterocycles. The van der Waals surface area contributed by atoms with Gasteiger partial charge in [-0.25, -0.2) is 0 Å². The molecule has 1 aliphatic carbocycles. The van der Waals surface area contributed by atoms with Gasteiger partial charge >= 0.3 is 0 Å². The lowest BCUT2D eigenvalue weighted by atomic mass is 9.90. The third kappa shape index (κ3) is 7.50. The van der Waals surface area contributed by atoms with E-state index in [1.807, 2.05) is 24.5 Å². The Morgan fingerprint density at radius 2 is 1.61 bits per heavy atom. The molecule has 0 bridgehead atoms. The summed E-state index contributed by atoms with van der Waals surface area (Å²) in [4.78, 5) is 11.9. The topological polar surface area (TPSA) is 50.3 Å². The molecule has 1 aliphatic rings. The average Bonchev–Trinajstić information content (AvgIpc) is 2.96. The van der Waals surface area contributed by atoms with Crippen LogP contribution in [0.5, 0.6) is 5.75 Å². The Hall–Kier alpha value is -3.06. The number of halogens is 1. The highest BCUT2D eigenvalue weighted by molar-refractivity contribution is 8.93. The molecule has 2 heterocycles. The maximum atomic E-state index is 5.34. The van der Waals surface area contributed by atoms with Crippen molar-refractivity contribution >= 4 is 17.0 Å². The van der Waals surface area contributed by atoms with Crippen molar-refractivity contribution in [1.82, 2.24) is 20.2 Å². The predicted molar refractivity (Wildman–Crippen MR) is 159 cm³/mol. The third-order valence-corrected chi connectivity index (χ3v) is 7.22. The summed E-state index contributed by atoms with van der Waals surface area (Å²) in [5.41, 5.74) is 7.69. The standard InChI is InChI=1S/C32H36N4O.BrH/c1-37-30-16-14-25(15-17-30)18-21-36(31-9-4-6-28-7-5-20-35-32(28)31)24-27-12-10-26(11-13-27)22-33-23-29-8-2-3-19-34-29;/h2-3,5,7-8,10-17,19-20,31,33H,4,6,9,18,21-24H2,1H3;1H. The first-order valence-electron chi connectivity index (χ1n) is 13.3. The van der Waals surface area contributed by atoms with E-state index in [0.717, 1.165) is 56.9 Å². The largest absolute Gasteiger partial charge is 0.497 e. The summed E-state index contributed by atoms with van der Waals surface area (Å²) in [6.07, 6.45) is 8.29. The van der Waals surface area contributed by atoms with Crippen LogP contribution < -0.4 is 10.1 Å². The normalized spacial score (nSPS) is 14.5. The lowest BCUT2D eigenvalue weighted by Gasteiger charge is -2.35. The monoisotopic (exact) mass is 572 g/mol. The van der Waals surface area contributed by atoms with Crippen molar-refractivity contribution in [1.29, 1.82) is 0 Å². The molecule has 2 aromatic heterocycles. The van der Waals surface area contributed by atoms with E-state index in [0.29, 0.717) is 6.04 Å². The smallest absolute Gasteiger partial charge is 0.118 e. The molecule has 6 heteroatoms. The first-order valence-corrected chi connectivity index (χ1v) is 13.3. The summed E-state index contributed by atoms with van der Waals surface area (Å²) in [6, 6.07) is 28.2. The maximum Gasteiger partial charge on any atom is 0.118 e. The van der Waals surface area contributed by atoms with Crippen LogP contribution in [0.4, 0.5) is 0 Å². The number of fused-ring (bicyclic) bond motifs is 1. The van der Waals surface area contributed by atoms with Gasteiger partial charge < -0.3 is 10.1 Å². The average molecular weight is 574 g/mol. The van der Waals surface area contributed by atoms with Crippen LogP contribution in [0.25, 0.3) is 0 Å². The Kier molecular flexibility index (Phi) is 10.4. The lowest BCUT2D eigenvalue weighted by Crippen LogP contribution is -2.33. The van der Waals surface area contributed by atoms with Crippen molar-refractivity contribution in [3.63, 3.8) is 0 Å². The molecular weight excluding hydrogens is 536 g/mol. The fraction of sp³-hybridized carbons (Fsp3) is 0.312. The van der Waals surface area contributed by atoms with Gasteiger partial charge in [-0.2, -0.15) is 0 Å². The van der Waals surface area contributed by atoms with Gasteiger partial charge in [-0.1, -0.05) is 48.5 Å². The van der Waals surface area contributed by atoms with Gasteiger partial charge in [0.05, 0.1) is 24.5 Å². The molecule has 38 heavy (non-hydrogen) atoms. The van der Waals surface area contributed by atoms with E-state index in [4.69, 9.17) is 9.72 Å². The van der Waals surface area contributed by atoms with Crippen molar-refractivity contribution < 1.29 is 4.74 Å². The Balaban J connectivity index is 0.00000336. The van der Waals surface area contributed by atoms with Crippen molar-refractivity contribution in [3.05, 3.63) is 125 Å². The minimum atomic E-state index is 0. The second kappa shape index (κ2) is 14.2. The number of methoxy groups -OCH3 is 1. The summed E-state index contributed by atoms with van der Waals surface area (Å²) in [7, 11) is 1.71. The zero-order valence-corrected chi connectivity index (χ0v) is 23.8. The third-order valence-electron chi connectivity index (χ3n) is 7.22. The van der Waals surface area contributed by atoms with Gasteiger partial charge in [-0.05, 0) is 78.3 Å². The first-order chi connectivity index (χ1) is 18.3. The summed E-state index contributed by atoms with van der Waals surface area (Å²) in [5, 5.41) is 3.50. The molecule has 5 rings (SSSR count). The molecule has 4 aromatic rings. The van der Waals surface area contributed by atoms with E-state index < -0.39 is 0 Å². The molecule has 0 amide bonds. The second-order valence-electron chi connectivity index (χ2n) is 9.77. The summed E-state index contributed by atoms with van der Waals surface area (Å²) in [5.74, 6) is 0.903. The zero-order valence-electron chi connectivity index (χ0n) is 22.1. The molecule has 1 unspecified atom stereocenters. The fourth-order valence-electron chi connectivity index (χ4n) is 5.18. The number of pyridine rings is 2. The molecule has 0 radical (unpaired) electrons. The molecule has 0 fully saturated rings. The summed E-state index contributed by atoms with van der Waals surface area (Å²) >= 11 is 0. The molecule has 198 valence electrons. The maximum absolute atomic E-state index is 5.34. The molecule has 0 spiro atoms. The van der Waals surface area contributed by atoms with Crippen molar-refractivity contribution in [2.75, 3.05) is 13.7 Å². The van der Waals surface area contributed by atoms with Gasteiger partial charge in [-0.15, -0.1) is 17.0 Å². The number of benzene rings is 2. The van der Waals surface area contributed by atoms with Crippen LogP contribution in [0.15, 0.2) is 91.3 Å². The quantitative estimate of drug-likeness (QED) is 0.223. The predicted octanol–water partition coefficient (Wildman–Crippen LogP) is 6.48. The Morgan fingerprint density at radius 3 is 2.37 bits per heavy atom. The lowest BCUT2D eigenvalue weighted by molar-refractivity contribution is 0.168. The minimum Gasteiger partial charge on any atom is -0.497 e. The Morgan fingerprint density at radius 1 is 0.842 bits per heavy atom. The van der Waals surface area contributed by atoms with Crippen molar-refractivity contribution in [2.24, 2.45) is 0 Å². The van der Waals surface area contributed by atoms with Crippen LogP contribution >= 0.6 is 17.0 Å². The molecular formula is C32H37BrN4O. The second-order valence-corrected chi connectivity index (χ2v) is 9.77. The van der Waals surface area contributed by atoms with E-state index >= 15 is 0 Å². The van der Waals surface area contributed by atoms with Gasteiger partial charge in [0, 0.05) is 38.6 Å². The van der Waals surface area contributed by atoms with Crippen molar-refractivity contribution in [2.45, 2.75) is 51.4 Å². The number of ether oxygens (including phenoxy) is 1. The van der Waals surface area contributed by atoms with Gasteiger partial charge in [0.25, 0.3) is 0 Å². The van der Waals surface area contributed by atoms with Crippen LogP contribution in [-0.2, 0) is 32.5 Å². The van der Waals surface area contributed by atoms with Crippen LogP contribution in [0.1, 0.15) is 52.5 Å². The van der Waals surface area contributed by atoms with Gasteiger partial charge in [-0.3, -0.25) is 14.9 Å². The number of nitrogens with zero attached hydrogens (tertiary/aromatic N) is 3. The van der Waals surface area contributed by atoms with E-state index in [1.54, 1.807) is 7.11 Å². The minimum absolute atomic E-state index is 0. The molecule has 0 saturated carbocycles. The first kappa shape index (κ1) is 28.0. The highest BCUT2D eigenvalue weighted by Crippen LogP contribution is 2.34. The highest BCUT2D eigenvalue weighted by Gasteiger charge is 2.27. The van der Waals surface area contributed by atoms with E-state index in [-0.39, 0.29) is 17.0 Å². The van der Waals surface area contributed by atoms with Crippen LogP contribution in [0.3, 0.4) is 0 Å². The molecule has 1 atom stereocenters. The number of hydrogen-bond acceptors (Lipinski definition) is 5. The molecule has 5 nitrogen and oxygen atoms in total. The van der Waals surface area contributed by atoms with Gasteiger partial charge in [0.1, 0.15) is 5.75 Å². The van der Waals surface area contributed by atoms with E-state index in [2.05, 4.69) is 81.9 Å². The Labute approximate surface area is 237 Å². The van der Waals surface area contributed by atoms with E-state index in [9.17, 15) is 0 Å². The highest BCUT2D eigenvalue weighted by atomic mass is 79.9.